The number of ketones is 1. The van der Waals surface area contributed by atoms with Gasteiger partial charge in [-0.05, 0) is 55.7 Å². The molecule has 0 aromatic heterocycles. The second-order valence-electron chi connectivity index (χ2n) is 8.38. The van der Waals surface area contributed by atoms with Gasteiger partial charge in [0.2, 0.25) is 0 Å². The smallest absolute Gasteiger partial charge is 0.373 e. The summed E-state index contributed by atoms with van der Waals surface area (Å²) in [7, 11) is 1.72. The van der Waals surface area contributed by atoms with Crippen molar-refractivity contribution < 1.29 is 19.1 Å². The highest BCUT2D eigenvalue weighted by Crippen LogP contribution is 2.49. The number of carbonyl (C=O) groups excluding carboxylic acids is 3. The van der Waals surface area contributed by atoms with Gasteiger partial charge in [-0.25, -0.2) is 0 Å². The molecule has 6 nitrogen and oxygen atoms in total. The van der Waals surface area contributed by atoms with Gasteiger partial charge in [-0.1, -0.05) is 25.5 Å². The van der Waals surface area contributed by atoms with Crippen molar-refractivity contribution in [2.24, 2.45) is 11.8 Å². The van der Waals surface area contributed by atoms with Crippen LogP contribution in [0, 0.1) is 18.8 Å². The number of allylic oxidation sites excluding steroid dienone is 1. The van der Waals surface area contributed by atoms with E-state index in [1.54, 1.807) is 7.11 Å². The molecule has 0 aliphatic carbocycles. The largest absolute Gasteiger partial charge is 0.504 e. The summed E-state index contributed by atoms with van der Waals surface area (Å²) < 4.78 is 5.31. The summed E-state index contributed by atoms with van der Waals surface area (Å²) in [6, 6.07) is 6.41. The first kappa shape index (κ1) is 21.3. The lowest BCUT2D eigenvalue weighted by atomic mass is 9.72. The lowest BCUT2D eigenvalue weighted by molar-refractivity contribution is -0.191. The molecule has 4 rings (SSSR count). The first-order valence-corrected chi connectivity index (χ1v) is 10.3. The normalized spacial score (nSPS) is 30.7. The van der Waals surface area contributed by atoms with Crippen molar-refractivity contribution in [3.05, 3.63) is 41.2 Å². The Morgan fingerprint density at radius 3 is 2.76 bits per heavy atom. The van der Waals surface area contributed by atoms with E-state index >= 15 is 0 Å². The molecule has 3 aliphatic heterocycles. The van der Waals surface area contributed by atoms with Gasteiger partial charge in [-0.3, -0.25) is 9.69 Å². The summed E-state index contributed by atoms with van der Waals surface area (Å²) in [4.78, 5) is 32.3. The molecule has 3 aliphatic rings. The highest BCUT2D eigenvalue weighted by molar-refractivity contribution is 6.15. The van der Waals surface area contributed by atoms with E-state index in [2.05, 4.69) is 30.1 Å². The van der Waals surface area contributed by atoms with Crippen molar-refractivity contribution in [2.75, 3.05) is 25.5 Å². The second-order valence-corrected chi connectivity index (χ2v) is 8.38. The minimum atomic E-state index is -0.446. The van der Waals surface area contributed by atoms with Crippen LogP contribution in [0.3, 0.4) is 0 Å². The minimum absolute atomic E-state index is 0.250. The third-order valence-corrected chi connectivity index (χ3v) is 6.99. The van der Waals surface area contributed by atoms with Crippen LogP contribution >= 0.6 is 0 Å². The second kappa shape index (κ2) is 8.52. The number of ether oxygens (including phenoxy) is 1. The van der Waals surface area contributed by atoms with Crippen molar-refractivity contribution >= 4 is 17.6 Å². The van der Waals surface area contributed by atoms with Gasteiger partial charge in [0, 0.05) is 30.4 Å². The van der Waals surface area contributed by atoms with E-state index < -0.39 is 5.54 Å². The molecule has 0 saturated carbocycles. The number of aryl methyl sites for hydroxylation is 1. The Bertz CT molecular complexity index is 843. The van der Waals surface area contributed by atoms with Crippen LogP contribution < -0.4 is 5.32 Å². The molecule has 29 heavy (non-hydrogen) atoms. The zero-order chi connectivity index (χ0) is 21.2. The van der Waals surface area contributed by atoms with Gasteiger partial charge in [0.25, 0.3) is 0 Å². The Hall–Kier alpha value is -2.43. The zero-order valence-corrected chi connectivity index (χ0v) is 17.7. The van der Waals surface area contributed by atoms with Crippen molar-refractivity contribution in [2.45, 2.75) is 51.6 Å². The molecule has 2 fully saturated rings. The number of benzene rings is 1. The van der Waals surface area contributed by atoms with Crippen molar-refractivity contribution in [1.29, 1.82) is 0 Å². The summed E-state index contributed by atoms with van der Waals surface area (Å²) >= 11 is 0. The molecule has 1 aromatic carbocycles. The maximum atomic E-state index is 13.5. The maximum Gasteiger partial charge on any atom is 0.373 e. The van der Waals surface area contributed by atoms with Crippen LogP contribution in [-0.2, 0) is 14.3 Å². The highest BCUT2D eigenvalue weighted by atomic mass is 16.5. The number of piperidine rings is 1. The molecule has 1 aromatic rings. The fourth-order valence-corrected chi connectivity index (χ4v) is 5.63. The van der Waals surface area contributed by atoms with Crippen LogP contribution in [-0.4, -0.2) is 48.6 Å². The average molecular weight is 399 g/mol. The van der Waals surface area contributed by atoms with Crippen LogP contribution in [0.2, 0.25) is 0 Å². The van der Waals surface area contributed by atoms with Crippen LogP contribution in [0.5, 0.6) is 0 Å². The number of nitrogens with zero attached hydrogens (tertiary/aromatic N) is 1. The summed E-state index contributed by atoms with van der Waals surface area (Å²) in [5, 5.41) is 3.68. The van der Waals surface area contributed by atoms with Crippen molar-refractivity contribution in [3.63, 3.8) is 0 Å². The van der Waals surface area contributed by atoms with E-state index in [9.17, 15) is 4.79 Å². The monoisotopic (exact) mass is 398 g/mol. The molecule has 0 bridgehead atoms. The lowest BCUT2D eigenvalue weighted by Gasteiger charge is -2.45. The third kappa shape index (κ3) is 3.52. The van der Waals surface area contributed by atoms with Gasteiger partial charge >= 0.3 is 6.15 Å². The summed E-state index contributed by atoms with van der Waals surface area (Å²) in [6.07, 6.45) is 5.24. The number of rotatable bonds is 3. The van der Waals surface area contributed by atoms with Crippen molar-refractivity contribution in [3.8, 4) is 0 Å². The first-order chi connectivity index (χ1) is 13.9. The van der Waals surface area contributed by atoms with E-state index in [0.29, 0.717) is 17.6 Å². The van der Waals surface area contributed by atoms with Crippen molar-refractivity contribution in [1.82, 2.24) is 4.90 Å². The number of methoxy groups -OCH3 is 1. The summed E-state index contributed by atoms with van der Waals surface area (Å²) in [5.41, 5.74) is 3.88. The average Bonchev–Trinajstić information content (AvgIpc) is 3.20. The highest BCUT2D eigenvalue weighted by Gasteiger charge is 2.58. The van der Waals surface area contributed by atoms with E-state index in [1.165, 1.54) is 5.57 Å². The number of fused-ring (bicyclic) bond motifs is 3. The maximum absolute atomic E-state index is 13.5. The topological polar surface area (TPSA) is 75.7 Å². The number of hydrogen-bond acceptors (Lipinski definition) is 6. The Labute approximate surface area is 172 Å². The fraction of sp³-hybridized carbons (Fsp3) is 0.565. The molecular formula is C23H30N2O4. The molecule has 0 radical (unpaired) electrons. The quantitative estimate of drug-likeness (QED) is 0.786. The zero-order valence-electron chi connectivity index (χ0n) is 17.7. The molecule has 156 valence electrons. The fourth-order valence-electron chi connectivity index (χ4n) is 5.63. The lowest BCUT2D eigenvalue weighted by Crippen LogP contribution is -2.57. The molecule has 4 atom stereocenters. The Morgan fingerprint density at radius 2 is 2.14 bits per heavy atom. The molecule has 0 unspecified atom stereocenters. The number of Topliss-reactive ketones (excluding diaryl/α,β-unsaturated/α-hetero) is 1. The van der Waals surface area contributed by atoms with Gasteiger partial charge in [-0.2, -0.15) is 9.59 Å². The minimum Gasteiger partial charge on any atom is -0.504 e. The predicted molar refractivity (Wildman–Crippen MR) is 110 cm³/mol. The van der Waals surface area contributed by atoms with Gasteiger partial charge in [0.1, 0.15) is 5.54 Å². The van der Waals surface area contributed by atoms with Gasteiger partial charge in [0.05, 0.1) is 13.4 Å². The summed E-state index contributed by atoms with van der Waals surface area (Å²) in [5.74, 6) is 1.42. The van der Waals surface area contributed by atoms with E-state index in [-0.39, 0.29) is 12.2 Å². The summed E-state index contributed by atoms with van der Waals surface area (Å²) in [6.45, 7) is 8.59. The Kier molecular flexibility index (Phi) is 6.25. The van der Waals surface area contributed by atoms with Gasteiger partial charge < -0.3 is 10.1 Å². The standard InChI is InChI=1S/C22H30N2O2.CO2/c1-5-16-12-24-10-9-22(19(24)11-17(16)15(3)13-26-4)21(25)20-14(2)7-6-8-18(20)23-22;2-1-3/h6-8,13,16-17,19,23H,5,9-12H2,1-4H3;/b15-13-;/t16-,17-,19+,22+;/m1./s1. The van der Waals surface area contributed by atoms with Crippen LogP contribution in [0.4, 0.5) is 5.69 Å². The number of hydrogen-bond donors (Lipinski definition) is 1. The molecule has 1 spiro atoms. The van der Waals surface area contributed by atoms with E-state index in [4.69, 9.17) is 14.3 Å². The van der Waals surface area contributed by atoms with Crippen LogP contribution in [0.1, 0.15) is 49.0 Å². The number of anilines is 1. The molecule has 6 heteroatoms. The number of carbonyl (C=O) groups is 1. The predicted octanol–water partition coefficient (Wildman–Crippen LogP) is 3.43. The van der Waals surface area contributed by atoms with E-state index in [0.717, 1.165) is 49.2 Å². The molecule has 0 amide bonds. The van der Waals surface area contributed by atoms with E-state index in [1.807, 2.05) is 25.3 Å². The SMILES string of the molecule is CC[C@@H]1CN2CC[C@]3(Nc4cccc(C)c4C3=O)[C@@H]2C[C@@H]1/C(C)=C\OC.O=C=O. The Morgan fingerprint density at radius 1 is 1.41 bits per heavy atom. The first-order valence-electron chi connectivity index (χ1n) is 10.3. The van der Waals surface area contributed by atoms with Crippen LogP contribution in [0.15, 0.2) is 30.0 Å². The van der Waals surface area contributed by atoms with Gasteiger partial charge in [0.15, 0.2) is 5.78 Å². The van der Waals surface area contributed by atoms with Crippen LogP contribution in [0.25, 0.3) is 0 Å². The molecule has 1 N–H and O–H groups in total. The molecule has 3 heterocycles. The van der Waals surface area contributed by atoms with Gasteiger partial charge in [-0.15, -0.1) is 0 Å². The third-order valence-electron chi connectivity index (χ3n) is 6.99. The molecule has 2 saturated heterocycles. The number of nitrogens with one attached hydrogen (secondary N) is 1. The Balaban J connectivity index is 0.000000755. The molecular weight excluding hydrogens is 368 g/mol.